The minimum Gasteiger partial charge on any atom is -0.461 e. The van der Waals surface area contributed by atoms with Gasteiger partial charge in [0.2, 0.25) is 0 Å². The molecule has 78 heavy (non-hydrogen) atoms. The van der Waals surface area contributed by atoms with Gasteiger partial charge in [-0.15, -0.1) is 6.58 Å². The molecule has 406 valence electrons. The first-order valence-corrected chi connectivity index (χ1v) is 26.5. The Balaban J connectivity index is 1.95. The van der Waals surface area contributed by atoms with E-state index in [9.17, 15) is 14.4 Å². The zero-order valence-corrected chi connectivity index (χ0v) is 46.9. The van der Waals surface area contributed by atoms with Crippen molar-refractivity contribution >= 4 is 38.3 Å². The maximum absolute atomic E-state index is 14.6. The second-order valence-electron chi connectivity index (χ2n) is 17.9. The number of hydrogen-bond acceptors (Lipinski definition) is 10. The molecule has 4 aromatic carbocycles. The van der Waals surface area contributed by atoms with Gasteiger partial charge in [0.15, 0.2) is 0 Å². The molecule has 0 aliphatic carbocycles. The molecule has 0 aromatic heterocycles. The van der Waals surface area contributed by atoms with Crippen molar-refractivity contribution in [2.45, 2.75) is 53.9 Å². The summed E-state index contributed by atoms with van der Waals surface area (Å²) >= 11 is 0. The molecule has 0 saturated heterocycles. The minimum absolute atomic E-state index is 0.136. The van der Waals surface area contributed by atoms with E-state index in [1.807, 2.05) is 229 Å². The number of carbonyl (C=O) groups is 3. The maximum atomic E-state index is 14.6. The van der Waals surface area contributed by atoms with Gasteiger partial charge in [-0.05, 0) is 97.1 Å². The van der Waals surface area contributed by atoms with Gasteiger partial charge in [-0.3, -0.25) is 0 Å². The molecule has 0 bridgehead atoms. The van der Waals surface area contributed by atoms with Gasteiger partial charge in [0.1, 0.15) is 31.2 Å². The van der Waals surface area contributed by atoms with E-state index in [1.54, 1.807) is 6.08 Å². The average molecular weight is 1070 g/mol. The van der Waals surface area contributed by atoms with Crippen molar-refractivity contribution in [2.24, 2.45) is 22.6 Å². The van der Waals surface area contributed by atoms with Gasteiger partial charge < -0.3 is 36.1 Å². The summed E-state index contributed by atoms with van der Waals surface area (Å²) in [5.74, 6) is -2.45. The minimum atomic E-state index is -1.62. The monoisotopic (exact) mass is 1070 g/mol. The number of esters is 3. The highest BCUT2D eigenvalue weighted by Crippen LogP contribution is 2.33. The fourth-order valence-electron chi connectivity index (χ4n) is 8.32. The zero-order valence-electron chi connectivity index (χ0n) is 45.8. The van der Waals surface area contributed by atoms with Crippen LogP contribution in [-0.4, -0.2) is 50.9 Å². The lowest BCUT2D eigenvalue weighted by Crippen LogP contribution is -2.44. The van der Waals surface area contributed by atoms with Crippen molar-refractivity contribution < 1.29 is 33.3 Å². The maximum Gasteiger partial charge on any atom is 0.354 e. The summed E-state index contributed by atoms with van der Waals surface area (Å²) in [7, 11) is 2.55. The third-order valence-electron chi connectivity index (χ3n) is 12.4. The molecule has 10 nitrogen and oxygen atoms in total. The quantitative estimate of drug-likeness (QED) is 0.0119. The van der Waals surface area contributed by atoms with Gasteiger partial charge in [0.05, 0.1) is 23.9 Å². The van der Waals surface area contributed by atoms with Crippen LogP contribution in [-0.2, 0) is 33.3 Å². The van der Waals surface area contributed by atoms with E-state index in [2.05, 4.69) is 22.4 Å². The van der Waals surface area contributed by atoms with Gasteiger partial charge in [0, 0.05) is 16.8 Å². The van der Waals surface area contributed by atoms with Crippen LogP contribution in [0.1, 0.15) is 76.1 Å². The van der Waals surface area contributed by atoms with Crippen LogP contribution in [0.3, 0.4) is 0 Å². The smallest absolute Gasteiger partial charge is 0.354 e. The molecule has 6 N–H and O–H groups in total. The Morgan fingerprint density at radius 3 is 1.42 bits per heavy atom. The lowest BCUT2D eigenvalue weighted by molar-refractivity contribution is -0.162. The molecule has 0 saturated carbocycles. The van der Waals surface area contributed by atoms with Crippen molar-refractivity contribution in [3.8, 4) is 0 Å². The third kappa shape index (κ3) is 18.5. The zero-order chi connectivity index (χ0) is 56.7. The lowest BCUT2D eigenvalue weighted by atomic mass is 9.91. The molecule has 0 spiro atoms. The number of ether oxygens (including phenoxy) is 4. The number of rotatable bonds is 29. The van der Waals surface area contributed by atoms with Crippen LogP contribution in [0.25, 0.3) is 11.1 Å². The topological polar surface area (TPSA) is 166 Å². The highest BCUT2D eigenvalue weighted by atomic mass is 31.0. The van der Waals surface area contributed by atoms with Crippen LogP contribution in [0, 0.1) is 5.41 Å². The predicted molar refractivity (Wildman–Crippen MR) is 324 cm³/mol. The summed E-state index contributed by atoms with van der Waals surface area (Å²) < 4.78 is 25.2. The Hall–Kier alpha value is -8.30. The molecular weight excluding hydrogens is 990 g/mol. The largest absolute Gasteiger partial charge is 0.461 e. The molecule has 0 aliphatic rings. The fourth-order valence-corrected chi connectivity index (χ4v) is 8.76. The first-order chi connectivity index (χ1) is 37.8. The van der Waals surface area contributed by atoms with E-state index in [0.717, 1.165) is 28.7 Å². The van der Waals surface area contributed by atoms with E-state index >= 15 is 0 Å². The molecular formula is C67H76N3O7P. The van der Waals surface area contributed by atoms with E-state index < -0.39 is 43.1 Å². The molecule has 0 radical (unpaired) electrons. The Morgan fingerprint density at radius 2 is 1.03 bits per heavy atom. The van der Waals surface area contributed by atoms with Crippen LogP contribution in [0.5, 0.6) is 0 Å². The van der Waals surface area contributed by atoms with Crippen LogP contribution >= 0.6 is 9.24 Å². The number of carbonyl (C=O) groups excluding carboxylic acids is 3. The molecule has 0 aliphatic heterocycles. The third-order valence-corrected chi connectivity index (χ3v) is 12.9. The van der Waals surface area contributed by atoms with Crippen LogP contribution in [0.4, 0.5) is 0 Å². The summed E-state index contributed by atoms with van der Waals surface area (Å²) in [6.07, 6.45) is 26.5. The number of nitrogens with two attached hydrogens (primary N) is 3. The Kier molecular flexibility index (Phi) is 26.9. The van der Waals surface area contributed by atoms with Crippen LogP contribution in [0.2, 0.25) is 0 Å². The van der Waals surface area contributed by atoms with Crippen molar-refractivity contribution in [1.29, 1.82) is 0 Å². The average Bonchev–Trinajstić information content (AvgIpc) is 3.49. The van der Waals surface area contributed by atoms with Gasteiger partial charge >= 0.3 is 17.9 Å². The van der Waals surface area contributed by atoms with E-state index in [4.69, 9.17) is 36.1 Å². The molecule has 4 rings (SSSR count). The molecule has 11 heteroatoms. The summed E-state index contributed by atoms with van der Waals surface area (Å²) in [5.41, 5.74) is 26.6. The van der Waals surface area contributed by atoms with Crippen molar-refractivity contribution in [1.82, 2.24) is 0 Å². The van der Waals surface area contributed by atoms with Gasteiger partial charge in [-0.25, -0.2) is 14.4 Å². The molecule has 4 aromatic rings. The molecule has 1 unspecified atom stereocenters. The first-order valence-electron chi connectivity index (χ1n) is 25.9. The summed E-state index contributed by atoms with van der Waals surface area (Å²) in [6, 6.07) is 37.0. The first kappa shape index (κ1) is 62.2. The summed E-state index contributed by atoms with van der Waals surface area (Å²) in [6.45, 7) is 15.3. The molecule has 0 heterocycles. The second kappa shape index (κ2) is 33.7. The van der Waals surface area contributed by atoms with Gasteiger partial charge in [0.25, 0.3) is 0 Å². The Labute approximate surface area is 465 Å². The van der Waals surface area contributed by atoms with Crippen LogP contribution < -0.4 is 17.2 Å². The number of benzene rings is 4. The summed E-state index contributed by atoms with van der Waals surface area (Å²) in [5, 5.41) is 0.251. The highest BCUT2D eigenvalue weighted by Gasteiger charge is 2.38. The van der Waals surface area contributed by atoms with E-state index in [0.29, 0.717) is 57.5 Å². The Morgan fingerprint density at radius 1 is 0.577 bits per heavy atom. The molecule has 0 fully saturated rings. The fraction of sp³-hybridized carbons (Fsp3) is 0.209. The standard InChI is InChI=1S/C67H76N3O7P/c1-8-15-17-18-19-32-43-56(50(13-6)34-16-9-2)57(68)44-74-45-67(48-77-66(73)63(78)60(49(11-4)12-5)51(14-7)33-10-3,46-75-64(71)61(69)58(52-35-24-20-25-36-52)53-37-26-21-27-38-53)47-76-65(72)62(70)59(54-39-28-22-29-40-54)55-41-30-23-31-42-55/h8-11,13-14,16-42H,1-2,12,15,43-48,68-70,78H2,3-7H3/b18-17-,32-19-,33-10-,34-16-,49-11+,50-13+,51-14+,57-56-,63-60-. The SMILES string of the molecule is C=C\C=C/C(=C\C)C(/C/C=C\C=C/CC=C)=C(\N)COCC(COC(=O)C(N)=C(c1ccccc1)c1ccccc1)(COC(=O)C(N)=C(c1ccccc1)c1ccccc1)COC(=O)/C(P)=C(C(/C=C\C)=C/C)\C(=C\C)CC. The van der Waals surface area contributed by atoms with E-state index in [1.165, 1.54) is 0 Å². The van der Waals surface area contributed by atoms with Crippen LogP contribution in [0.15, 0.2) is 264 Å². The molecule has 0 amide bonds. The van der Waals surface area contributed by atoms with Gasteiger partial charge in [-0.1, -0.05) is 223 Å². The Bertz CT molecular complexity index is 2810. The van der Waals surface area contributed by atoms with E-state index in [-0.39, 0.29) is 29.9 Å². The van der Waals surface area contributed by atoms with Crippen molar-refractivity contribution in [3.05, 3.63) is 286 Å². The normalized spacial score (nSPS) is 13.0. The van der Waals surface area contributed by atoms with Gasteiger partial charge in [-0.2, -0.15) is 0 Å². The van der Waals surface area contributed by atoms with Crippen molar-refractivity contribution in [3.63, 3.8) is 0 Å². The predicted octanol–water partition coefficient (Wildman–Crippen LogP) is 13.4. The number of allylic oxidation sites excluding steroid dienone is 18. The second-order valence-corrected chi connectivity index (χ2v) is 18.5. The summed E-state index contributed by atoms with van der Waals surface area (Å²) in [4.78, 5) is 43.7. The lowest BCUT2D eigenvalue weighted by Gasteiger charge is -2.32. The number of hydrogen-bond donors (Lipinski definition) is 3. The highest BCUT2D eigenvalue weighted by molar-refractivity contribution is 7.25. The van der Waals surface area contributed by atoms with Crippen molar-refractivity contribution in [2.75, 3.05) is 33.0 Å². The molecule has 1 atom stereocenters.